The molecule has 1 aromatic heterocycles. The third-order valence-electron chi connectivity index (χ3n) is 5.43. The third-order valence-corrected chi connectivity index (χ3v) is 5.91. The number of unbranched alkanes of at least 4 members (excludes halogenated alkanes) is 3. The molecular weight excluding hydrogens is 488 g/mol. The molecule has 5 N–H and O–H groups in total. The number of halogens is 1. The van der Waals surface area contributed by atoms with Crippen LogP contribution in [0.3, 0.4) is 0 Å². The summed E-state index contributed by atoms with van der Waals surface area (Å²) >= 11 is 0. The van der Waals surface area contributed by atoms with Crippen LogP contribution >= 0.6 is 7.82 Å². The zero-order valence-corrected chi connectivity index (χ0v) is 21.4. The van der Waals surface area contributed by atoms with Gasteiger partial charge in [-0.25, -0.2) is 9.36 Å². The van der Waals surface area contributed by atoms with Crippen LogP contribution in [-0.2, 0) is 13.8 Å². The number of nitrogens with zero attached hydrogens (tertiary/aromatic N) is 2. The quantitative estimate of drug-likeness (QED) is 0.234. The Morgan fingerprint density at radius 2 is 1.57 bits per heavy atom. The molecule has 4 atom stereocenters. The van der Waals surface area contributed by atoms with Gasteiger partial charge in [-0.15, -0.1) is 0 Å². The van der Waals surface area contributed by atoms with Gasteiger partial charge in [-0.3, -0.25) is 18.9 Å². The molecule has 1 aliphatic heterocycles. The molecule has 0 spiro atoms. The van der Waals surface area contributed by atoms with E-state index in [2.05, 4.69) is 30.2 Å². The zero-order valence-electron chi connectivity index (χ0n) is 20.5. The lowest BCUT2D eigenvalue weighted by Gasteiger charge is -2.21. The minimum Gasteiger partial charge on any atom is -0.387 e. The standard InChI is InChI=1S/C12H27N.C9H12FN2O9P/c1-4-7-10-13(11-8-5-2)12-9-6-3;10-3-1-12(9(16)11-7(3)15)8-6(14)5(13)4(21-8)2-20-22(17,18)19/h4-12H2,1-3H3;1,4-6,8,13-14H,2H2,(H,11,15,16)(H2,17,18,19)/t;4-,5-,6-,8-/m.1/s1. The van der Waals surface area contributed by atoms with Crippen LogP contribution in [0.4, 0.5) is 4.39 Å². The van der Waals surface area contributed by atoms with Crippen LogP contribution in [-0.4, -0.2) is 79.0 Å². The van der Waals surface area contributed by atoms with Crippen molar-refractivity contribution in [3.05, 3.63) is 32.9 Å². The molecule has 1 saturated heterocycles. The van der Waals surface area contributed by atoms with Gasteiger partial charge in [0.1, 0.15) is 18.3 Å². The molecule has 0 radical (unpaired) electrons. The summed E-state index contributed by atoms with van der Waals surface area (Å²) in [6, 6.07) is 0. The molecule has 12 nitrogen and oxygen atoms in total. The Balaban J connectivity index is 0.000000405. The van der Waals surface area contributed by atoms with Crippen molar-refractivity contribution in [1.82, 2.24) is 14.5 Å². The van der Waals surface area contributed by atoms with Gasteiger partial charge in [-0.2, -0.15) is 4.39 Å². The van der Waals surface area contributed by atoms with E-state index in [0.29, 0.717) is 10.8 Å². The summed E-state index contributed by atoms with van der Waals surface area (Å²) in [5, 5.41) is 19.5. The highest BCUT2D eigenvalue weighted by atomic mass is 31.2. The van der Waals surface area contributed by atoms with E-state index < -0.39 is 56.0 Å². The molecule has 0 aliphatic carbocycles. The first-order valence-electron chi connectivity index (χ1n) is 11.9. The van der Waals surface area contributed by atoms with Crippen LogP contribution in [0.1, 0.15) is 65.5 Å². The van der Waals surface area contributed by atoms with Crippen molar-refractivity contribution in [1.29, 1.82) is 0 Å². The molecule has 2 rings (SSSR count). The van der Waals surface area contributed by atoms with Crippen LogP contribution in [0.5, 0.6) is 0 Å². The summed E-state index contributed by atoms with van der Waals surface area (Å²) in [6.07, 6.45) is 2.25. The molecule has 204 valence electrons. The lowest BCUT2D eigenvalue weighted by molar-refractivity contribution is -0.0547. The van der Waals surface area contributed by atoms with E-state index in [1.807, 2.05) is 0 Å². The summed E-state index contributed by atoms with van der Waals surface area (Å²) in [7, 11) is -4.83. The Morgan fingerprint density at radius 3 is 2.03 bits per heavy atom. The molecule has 14 heteroatoms. The number of H-pyrrole nitrogens is 1. The van der Waals surface area contributed by atoms with E-state index in [1.165, 1.54) is 58.2 Å². The van der Waals surface area contributed by atoms with Crippen LogP contribution in [0.2, 0.25) is 0 Å². The number of nitrogens with one attached hydrogen (secondary N) is 1. The predicted molar refractivity (Wildman–Crippen MR) is 126 cm³/mol. The Labute approximate surface area is 203 Å². The van der Waals surface area contributed by atoms with Gasteiger partial charge in [0.15, 0.2) is 6.23 Å². The van der Waals surface area contributed by atoms with Gasteiger partial charge in [0, 0.05) is 0 Å². The van der Waals surface area contributed by atoms with Crippen molar-refractivity contribution in [2.45, 2.75) is 83.8 Å². The smallest absolute Gasteiger partial charge is 0.387 e. The average Bonchev–Trinajstić information content (AvgIpc) is 3.08. The number of aromatic amines is 1. The second kappa shape index (κ2) is 15.6. The second-order valence-electron chi connectivity index (χ2n) is 8.38. The third kappa shape index (κ3) is 11.0. The minimum atomic E-state index is -4.83. The number of hydrogen-bond donors (Lipinski definition) is 5. The first-order valence-corrected chi connectivity index (χ1v) is 13.4. The maximum atomic E-state index is 13.2. The van der Waals surface area contributed by atoms with Gasteiger partial charge >= 0.3 is 13.5 Å². The molecule has 35 heavy (non-hydrogen) atoms. The number of aliphatic hydroxyl groups excluding tert-OH is 2. The summed E-state index contributed by atoms with van der Waals surface area (Å²) in [5.41, 5.74) is -2.37. The van der Waals surface area contributed by atoms with Crippen LogP contribution < -0.4 is 11.2 Å². The van der Waals surface area contributed by atoms with Gasteiger partial charge in [-0.1, -0.05) is 40.0 Å². The fourth-order valence-corrected chi connectivity index (χ4v) is 3.74. The van der Waals surface area contributed by atoms with Crippen molar-refractivity contribution in [3.63, 3.8) is 0 Å². The largest absolute Gasteiger partial charge is 0.469 e. The molecular formula is C21H39FN3O9P. The van der Waals surface area contributed by atoms with Crippen molar-refractivity contribution in [2.75, 3.05) is 26.2 Å². The number of aromatic nitrogens is 2. The molecule has 1 aromatic rings. The number of hydrogen-bond acceptors (Lipinski definition) is 8. The highest BCUT2D eigenvalue weighted by Gasteiger charge is 2.45. The first-order chi connectivity index (χ1) is 16.4. The highest BCUT2D eigenvalue weighted by Crippen LogP contribution is 2.38. The lowest BCUT2D eigenvalue weighted by atomic mass is 10.1. The predicted octanol–water partition coefficient (Wildman–Crippen LogP) is 1.09. The van der Waals surface area contributed by atoms with Gasteiger partial charge in [0.2, 0.25) is 5.82 Å². The van der Waals surface area contributed by atoms with Crippen molar-refractivity contribution >= 4 is 7.82 Å². The maximum Gasteiger partial charge on any atom is 0.469 e. The van der Waals surface area contributed by atoms with Crippen molar-refractivity contribution in [2.24, 2.45) is 0 Å². The minimum absolute atomic E-state index is 0.480. The van der Waals surface area contributed by atoms with E-state index in [4.69, 9.17) is 14.5 Å². The molecule has 1 aliphatic rings. The topological polar surface area (TPSA) is 175 Å². The Hall–Kier alpha value is -1.44. The van der Waals surface area contributed by atoms with E-state index in [-0.39, 0.29) is 0 Å². The molecule has 2 heterocycles. The van der Waals surface area contributed by atoms with Crippen molar-refractivity contribution < 1.29 is 38.2 Å². The van der Waals surface area contributed by atoms with Crippen LogP contribution in [0.25, 0.3) is 0 Å². The van der Waals surface area contributed by atoms with Crippen LogP contribution in [0, 0.1) is 5.82 Å². The number of ether oxygens (including phenoxy) is 1. The van der Waals surface area contributed by atoms with Gasteiger partial charge in [-0.05, 0) is 38.9 Å². The molecule has 0 amide bonds. The fourth-order valence-electron chi connectivity index (χ4n) is 3.40. The SMILES string of the molecule is CCCCN(CCCC)CCCC.O=c1[nH]c(=O)n([C@@H]2O[C@H](COP(=O)(O)O)[C@@H](O)[C@H]2O)cc1F. The van der Waals surface area contributed by atoms with Gasteiger partial charge in [0.25, 0.3) is 5.56 Å². The Kier molecular flexibility index (Phi) is 14.1. The van der Waals surface area contributed by atoms with Gasteiger partial charge in [0.05, 0.1) is 12.8 Å². The maximum absolute atomic E-state index is 13.2. The van der Waals surface area contributed by atoms with E-state index in [9.17, 15) is 28.8 Å². The Bertz CT molecular complexity index is 888. The second-order valence-corrected chi connectivity index (χ2v) is 9.62. The summed E-state index contributed by atoms with van der Waals surface area (Å²) in [6.45, 7) is 10.00. The average molecular weight is 528 g/mol. The van der Waals surface area contributed by atoms with E-state index in [1.54, 1.807) is 4.98 Å². The number of phosphoric acid groups is 1. The lowest BCUT2D eigenvalue weighted by Crippen LogP contribution is -2.38. The van der Waals surface area contributed by atoms with Gasteiger partial charge < -0.3 is 29.6 Å². The Morgan fingerprint density at radius 1 is 1.06 bits per heavy atom. The highest BCUT2D eigenvalue weighted by molar-refractivity contribution is 7.46. The summed E-state index contributed by atoms with van der Waals surface area (Å²) < 4.78 is 33.5. The summed E-state index contributed by atoms with van der Waals surface area (Å²) in [5.74, 6) is -1.32. The summed E-state index contributed by atoms with van der Waals surface area (Å²) in [4.78, 5) is 43.9. The number of phosphoric ester groups is 1. The number of aliphatic hydroxyl groups is 2. The normalized spacial score (nSPS) is 22.3. The molecule has 1 fully saturated rings. The molecule has 0 saturated carbocycles. The fraction of sp³-hybridized carbons (Fsp3) is 0.810. The monoisotopic (exact) mass is 527 g/mol. The molecule has 0 aromatic carbocycles. The van der Waals surface area contributed by atoms with Crippen molar-refractivity contribution in [3.8, 4) is 0 Å². The van der Waals surface area contributed by atoms with E-state index >= 15 is 0 Å². The number of rotatable bonds is 13. The van der Waals surface area contributed by atoms with Crippen LogP contribution in [0.15, 0.2) is 15.8 Å². The van der Waals surface area contributed by atoms with E-state index in [0.717, 1.165) is 0 Å². The zero-order chi connectivity index (χ0) is 26.6. The first kappa shape index (κ1) is 31.6. The molecule has 0 bridgehead atoms. The molecule has 0 unspecified atom stereocenters.